The summed E-state index contributed by atoms with van der Waals surface area (Å²) in [6.07, 6.45) is -0.0350. The number of hydrogen-bond acceptors (Lipinski definition) is 3. The Morgan fingerprint density at radius 2 is 2.20 bits per heavy atom. The van der Waals surface area contributed by atoms with Crippen LogP contribution < -0.4 is 5.73 Å². The zero-order valence-corrected chi connectivity index (χ0v) is 7.05. The van der Waals surface area contributed by atoms with Crippen molar-refractivity contribution in [1.82, 2.24) is 0 Å². The lowest BCUT2D eigenvalue weighted by Gasteiger charge is -2.02. The number of amides is 1. The number of methoxy groups -OCH3 is 1. The van der Waals surface area contributed by atoms with Gasteiger partial charge in [-0.15, -0.1) is 0 Å². The summed E-state index contributed by atoms with van der Waals surface area (Å²) in [5.41, 5.74) is 4.81. The molecule has 0 spiro atoms. The Bertz CT molecular complexity index is 148. The standard InChI is InChI=1S/C5H8BrNO3/c1-10-5(9)3(6)2-4(7)8/h3H,2H2,1H3,(H2,7,8). The summed E-state index contributed by atoms with van der Waals surface area (Å²) in [6, 6.07) is 0. The quantitative estimate of drug-likeness (QED) is 0.517. The van der Waals surface area contributed by atoms with Crippen molar-refractivity contribution in [3.05, 3.63) is 0 Å². The number of esters is 1. The van der Waals surface area contributed by atoms with Crippen LogP contribution in [0.2, 0.25) is 0 Å². The first-order chi connectivity index (χ1) is 4.57. The lowest BCUT2D eigenvalue weighted by atomic mass is 10.3. The van der Waals surface area contributed by atoms with Crippen molar-refractivity contribution >= 4 is 27.8 Å². The molecule has 0 fully saturated rings. The third kappa shape index (κ3) is 3.45. The van der Waals surface area contributed by atoms with Crippen LogP contribution in [0, 0.1) is 0 Å². The summed E-state index contributed by atoms with van der Waals surface area (Å²) in [5.74, 6) is -1.02. The van der Waals surface area contributed by atoms with Crippen LogP contribution in [-0.2, 0) is 14.3 Å². The van der Waals surface area contributed by atoms with E-state index in [4.69, 9.17) is 5.73 Å². The molecule has 1 amide bonds. The van der Waals surface area contributed by atoms with Crippen LogP contribution in [0.15, 0.2) is 0 Å². The van der Waals surface area contributed by atoms with Crippen LogP contribution in [-0.4, -0.2) is 23.8 Å². The van der Waals surface area contributed by atoms with Crippen LogP contribution in [0.3, 0.4) is 0 Å². The first kappa shape index (κ1) is 9.42. The number of hydrogen-bond donors (Lipinski definition) is 1. The normalized spacial score (nSPS) is 12.2. The Balaban J connectivity index is 3.72. The largest absolute Gasteiger partial charge is 0.468 e. The van der Waals surface area contributed by atoms with E-state index in [0.717, 1.165) is 0 Å². The van der Waals surface area contributed by atoms with Crippen molar-refractivity contribution in [2.45, 2.75) is 11.2 Å². The van der Waals surface area contributed by atoms with Gasteiger partial charge in [-0.1, -0.05) is 15.9 Å². The molecule has 0 rings (SSSR count). The Labute approximate surface area is 66.8 Å². The Morgan fingerprint density at radius 1 is 1.70 bits per heavy atom. The molecule has 0 aromatic rings. The van der Waals surface area contributed by atoms with Crippen LogP contribution in [0.4, 0.5) is 0 Å². The van der Waals surface area contributed by atoms with E-state index >= 15 is 0 Å². The maximum absolute atomic E-state index is 10.6. The predicted molar refractivity (Wildman–Crippen MR) is 38.5 cm³/mol. The first-order valence-electron chi connectivity index (χ1n) is 2.58. The summed E-state index contributed by atoms with van der Waals surface area (Å²) in [7, 11) is 1.25. The van der Waals surface area contributed by atoms with E-state index in [0.29, 0.717) is 0 Å². The summed E-state index contributed by atoms with van der Waals surface area (Å²) in [6.45, 7) is 0. The summed E-state index contributed by atoms with van der Waals surface area (Å²) in [5, 5.41) is 0. The van der Waals surface area contributed by atoms with Gasteiger partial charge in [-0.05, 0) is 0 Å². The molecule has 1 unspecified atom stereocenters. The summed E-state index contributed by atoms with van der Waals surface area (Å²) < 4.78 is 4.32. The van der Waals surface area contributed by atoms with Crippen molar-refractivity contribution in [2.24, 2.45) is 5.73 Å². The zero-order chi connectivity index (χ0) is 8.15. The minimum absolute atomic E-state index is 0.0350. The second kappa shape index (κ2) is 4.27. The smallest absolute Gasteiger partial charge is 0.319 e. The van der Waals surface area contributed by atoms with Gasteiger partial charge in [0.1, 0.15) is 4.83 Å². The van der Waals surface area contributed by atoms with E-state index in [1.165, 1.54) is 7.11 Å². The number of carbonyl (C=O) groups excluding carboxylic acids is 2. The predicted octanol–water partition coefficient (Wildman–Crippen LogP) is -0.202. The van der Waals surface area contributed by atoms with Crippen molar-refractivity contribution in [3.8, 4) is 0 Å². The monoisotopic (exact) mass is 209 g/mol. The van der Waals surface area contributed by atoms with Crippen molar-refractivity contribution < 1.29 is 14.3 Å². The maximum atomic E-state index is 10.6. The van der Waals surface area contributed by atoms with Gasteiger partial charge in [0.25, 0.3) is 0 Å². The van der Waals surface area contributed by atoms with Gasteiger partial charge in [0.05, 0.1) is 7.11 Å². The molecule has 10 heavy (non-hydrogen) atoms. The molecule has 58 valence electrons. The van der Waals surface area contributed by atoms with E-state index in [9.17, 15) is 9.59 Å². The Morgan fingerprint density at radius 3 is 2.50 bits per heavy atom. The second-order valence-corrected chi connectivity index (χ2v) is 2.77. The first-order valence-corrected chi connectivity index (χ1v) is 3.49. The van der Waals surface area contributed by atoms with E-state index in [-0.39, 0.29) is 6.42 Å². The van der Waals surface area contributed by atoms with Gasteiger partial charge >= 0.3 is 5.97 Å². The highest BCUT2D eigenvalue weighted by Gasteiger charge is 2.16. The molecule has 5 heteroatoms. The minimum atomic E-state index is -0.616. The van der Waals surface area contributed by atoms with Gasteiger partial charge in [0, 0.05) is 6.42 Å². The molecule has 1 atom stereocenters. The van der Waals surface area contributed by atoms with Crippen LogP contribution in [0.1, 0.15) is 6.42 Å². The number of nitrogens with two attached hydrogens (primary N) is 1. The highest BCUT2D eigenvalue weighted by atomic mass is 79.9. The third-order valence-corrected chi connectivity index (χ3v) is 1.53. The molecule has 0 aromatic heterocycles. The molecular formula is C5H8BrNO3. The maximum Gasteiger partial charge on any atom is 0.319 e. The van der Waals surface area contributed by atoms with E-state index in [1.54, 1.807) is 0 Å². The fourth-order valence-corrected chi connectivity index (χ4v) is 0.894. The van der Waals surface area contributed by atoms with Crippen LogP contribution in [0.5, 0.6) is 0 Å². The molecule has 0 saturated heterocycles. The highest BCUT2D eigenvalue weighted by molar-refractivity contribution is 9.10. The fraction of sp³-hybridized carbons (Fsp3) is 0.600. The lowest BCUT2D eigenvalue weighted by Crippen LogP contribution is -2.23. The molecule has 2 N–H and O–H groups in total. The number of rotatable bonds is 3. The minimum Gasteiger partial charge on any atom is -0.468 e. The van der Waals surface area contributed by atoms with Gasteiger partial charge in [-0.25, -0.2) is 0 Å². The van der Waals surface area contributed by atoms with Gasteiger partial charge in [-0.2, -0.15) is 0 Å². The number of carbonyl (C=O) groups is 2. The number of ether oxygens (including phenoxy) is 1. The van der Waals surface area contributed by atoms with Crippen molar-refractivity contribution in [3.63, 3.8) is 0 Å². The topological polar surface area (TPSA) is 69.4 Å². The SMILES string of the molecule is COC(=O)C(Br)CC(N)=O. The molecule has 0 aromatic carbocycles. The average Bonchev–Trinajstić information content (AvgIpc) is 1.85. The Hall–Kier alpha value is -0.580. The van der Waals surface area contributed by atoms with Gasteiger partial charge < -0.3 is 10.5 Å². The molecule has 0 aliphatic heterocycles. The molecule has 0 heterocycles. The van der Waals surface area contributed by atoms with E-state index < -0.39 is 16.7 Å². The Kier molecular flexibility index (Phi) is 4.02. The molecule has 0 aliphatic carbocycles. The van der Waals surface area contributed by atoms with Gasteiger partial charge in [-0.3, -0.25) is 9.59 Å². The van der Waals surface area contributed by atoms with Crippen LogP contribution in [0.25, 0.3) is 0 Å². The summed E-state index contributed by atoms with van der Waals surface area (Å²) in [4.78, 5) is 20.2. The molecule has 0 aliphatic rings. The highest BCUT2D eigenvalue weighted by Crippen LogP contribution is 2.05. The van der Waals surface area contributed by atoms with Crippen molar-refractivity contribution in [1.29, 1.82) is 0 Å². The average molecular weight is 210 g/mol. The molecule has 0 radical (unpaired) electrons. The summed E-state index contributed by atoms with van der Waals surface area (Å²) >= 11 is 2.93. The zero-order valence-electron chi connectivity index (χ0n) is 5.46. The second-order valence-electron chi connectivity index (χ2n) is 1.66. The number of primary amides is 1. The van der Waals surface area contributed by atoms with Gasteiger partial charge in [0.2, 0.25) is 5.91 Å². The van der Waals surface area contributed by atoms with Crippen LogP contribution >= 0.6 is 15.9 Å². The van der Waals surface area contributed by atoms with Crippen molar-refractivity contribution in [2.75, 3.05) is 7.11 Å². The van der Waals surface area contributed by atoms with E-state index in [1.807, 2.05) is 0 Å². The molecule has 4 nitrogen and oxygen atoms in total. The number of alkyl halides is 1. The molecule has 0 bridgehead atoms. The third-order valence-electron chi connectivity index (χ3n) is 0.837. The lowest BCUT2D eigenvalue weighted by molar-refractivity contribution is -0.141. The van der Waals surface area contributed by atoms with Gasteiger partial charge in [0.15, 0.2) is 0 Å². The molecule has 0 saturated carbocycles. The molecular weight excluding hydrogens is 202 g/mol. The van der Waals surface area contributed by atoms with E-state index in [2.05, 4.69) is 20.7 Å². The number of halogens is 1. The fourth-order valence-electron chi connectivity index (χ4n) is 0.388.